The second-order valence-corrected chi connectivity index (χ2v) is 9.82. The third-order valence-corrected chi connectivity index (χ3v) is 7.02. The summed E-state index contributed by atoms with van der Waals surface area (Å²) in [7, 11) is 3.34. The number of piperazine rings is 1. The van der Waals surface area contributed by atoms with Crippen LogP contribution >= 0.6 is 0 Å². The molecule has 1 aliphatic rings. The van der Waals surface area contributed by atoms with Gasteiger partial charge in [-0.05, 0) is 49.0 Å². The van der Waals surface area contributed by atoms with Crippen LogP contribution in [0, 0.1) is 0 Å². The van der Waals surface area contributed by atoms with Crippen LogP contribution in [0.5, 0.6) is 0 Å². The first-order valence-electron chi connectivity index (χ1n) is 12.5. The van der Waals surface area contributed by atoms with Crippen molar-refractivity contribution in [1.82, 2.24) is 24.0 Å². The fraction of sp³-hybridized carbons (Fsp3) is 0.296. The Kier molecular flexibility index (Phi) is 7.05. The molecule has 1 aliphatic heterocycles. The molecule has 1 fully saturated rings. The first kappa shape index (κ1) is 28.2. The molecule has 14 heteroatoms. The first-order chi connectivity index (χ1) is 19.2. The first-order valence-corrected chi connectivity index (χ1v) is 12.5. The molecule has 1 saturated heterocycles. The number of benzene rings is 1. The van der Waals surface area contributed by atoms with E-state index < -0.39 is 35.0 Å². The van der Waals surface area contributed by atoms with Crippen molar-refractivity contribution in [3.05, 3.63) is 76.6 Å². The lowest BCUT2D eigenvalue weighted by atomic mass is 10.0. The number of imidazole rings is 1. The van der Waals surface area contributed by atoms with Gasteiger partial charge in [-0.25, -0.2) is 9.78 Å². The Morgan fingerprint density at radius 2 is 1.51 bits per heavy atom. The summed E-state index contributed by atoms with van der Waals surface area (Å²) in [6.45, 7) is 2.05. The number of nitrogens with zero attached hydrogens (tertiary/aromatic N) is 6. The summed E-state index contributed by atoms with van der Waals surface area (Å²) in [5, 5.41) is 0. The minimum atomic E-state index is -4.73. The van der Waals surface area contributed by atoms with E-state index in [9.17, 15) is 31.1 Å². The van der Waals surface area contributed by atoms with Crippen molar-refractivity contribution in [2.45, 2.75) is 12.4 Å². The zero-order valence-electron chi connectivity index (χ0n) is 22.0. The molecule has 41 heavy (non-hydrogen) atoms. The van der Waals surface area contributed by atoms with E-state index in [2.05, 4.69) is 9.97 Å². The van der Waals surface area contributed by atoms with E-state index in [-0.39, 0.29) is 33.9 Å². The average molecular weight is 578 g/mol. The number of pyridine rings is 2. The van der Waals surface area contributed by atoms with Gasteiger partial charge in [0.25, 0.3) is 0 Å². The van der Waals surface area contributed by atoms with Gasteiger partial charge in [-0.2, -0.15) is 26.3 Å². The monoisotopic (exact) mass is 577 g/mol. The van der Waals surface area contributed by atoms with Crippen LogP contribution in [0.2, 0.25) is 0 Å². The van der Waals surface area contributed by atoms with Crippen LogP contribution in [-0.4, -0.2) is 57.2 Å². The van der Waals surface area contributed by atoms with Crippen molar-refractivity contribution in [3.8, 4) is 28.2 Å². The fourth-order valence-corrected chi connectivity index (χ4v) is 4.81. The highest BCUT2D eigenvalue weighted by Gasteiger charge is 2.36. The molecule has 0 unspecified atom stereocenters. The Morgan fingerprint density at radius 1 is 0.829 bits per heavy atom. The number of aromatic nitrogens is 4. The number of likely N-dealkylation sites (N-methyl/N-ethyl adjacent to an activating group) is 1. The summed E-state index contributed by atoms with van der Waals surface area (Å²) >= 11 is 0. The zero-order chi connectivity index (χ0) is 29.7. The van der Waals surface area contributed by atoms with Crippen LogP contribution in [0.15, 0.2) is 59.8 Å². The molecule has 3 aromatic heterocycles. The molecule has 4 aromatic rings. The van der Waals surface area contributed by atoms with Crippen LogP contribution in [0.1, 0.15) is 11.1 Å². The van der Waals surface area contributed by atoms with Crippen LogP contribution in [0.3, 0.4) is 0 Å². The average Bonchev–Trinajstić information content (AvgIpc) is 3.22. The maximum atomic E-state index is 14.3. The number of alkyl halides is 6. The maximum absolute atomic E-state index is 14.3. The number of hydrogen-bond acceptors (Lipinski definition) is 6. The maximum Gasteiger partial charge on any atom is 0.419 e. The third kappa shape index (κ3) is 5.51. The highest BCUT2D eigenvalue weighted by Crippen LogP contribution is 2.39. The Hall–Kier alpha value is -4.33. The molecule has 0 spiro atoms. The number of aryl methyl sites for hydroxylation is 1. The number of nitrogens with two attached hydrogens (primary N) is 1. The van der Waals surface area contributed by atoms with Gasteiger partial charge < -0.3 is 20.1 Å². The molecule has 0 saturated carbocycles. The smallest absolute Gasteiger partial charge is 0.383 e. The van der Waals surface area contributed by atoms with E-state index in [1.807, 2.05) is 11.9 Å². The minimum Gasteiger partial charge on any atom is -0.383 e. The van der Waals surface area contributed by atoms with Gasteiger partial charge in [0.15, 0.2) is 0 Å². The van der Waals surface area contributed by atoms with Crippen molar-refractivity contribution < 1.29 is 26.3 Å². The van der Waals surface area contributed by atoms with Gasteiger partial charge in [-0.1, -0.05) is 0 Å². The van der Waals surface area contributed by atoms with Crippen molar-refractivity contribution in [2.24, 2.45) is 7.05 Å². The van der Waals surface area contributed by atoms with Gasteiger partial charge in [0, 0.05) is 63.1 Å². The third-order valence-electron chi connectivity index (χ3n) is 7.02. The summed E-state index contributed by atoms with van der Waals surface area (Å²) in [4.78, 5) is 24.8. The van der Waals surface area contributed by atoms with Gasteiger partial charge in [-0.15, -0.1) is 0 Å². The molecule has 0 aliphatic carbocycles. The van der Waals surface area contributed by atoms with Crippen molar-refractivity contribution in [1.29, 1.82) is 0 Å². The van der Waals surface area contributed by atoms with Crippen LogP contribution in [0.25, 0.3) is 28.2 Å². The predicted octanol–water partition coefficient (Wildman–Crippen LogP) is 4.67. The fourth-order valence-electron chi connectivity index (χ4n) is 4.81. The zero-order valence-corrected chi connectivity index (χ0v) is 22.0. The molecule has 8 nitrogen and oxygen atoms in total. The van der Waals surface area contributed by atoms with Gasteiger partial charge in [0.2, 0.25) is 0 Å². The molecule has 4 heterocycles. The van der Waals surface area contributed by atoms with E-state index in [1.165, 1.54) is 54.5 Å². The molecular formula is C27H25F6N7O. The summed E-state index contributed by atoms with van der Waals surface area (Å²) in [6.07, 6.45) is -5.51. The van der Waals surface area contributed by atoms with E-state index in [0.29, 0.717) is 26.2 Å². The SMILES string of the molecule is CN1CCN(c2ccc(-n3c(-c4cc(-c5cnc(N)c(C(F)(F)F)c5)ccn4)cn(C)c3=O)cc2C(F)(F)F)CC1. The van der Waals surface area contributed by atoms with E-state index in [1.54, 1.807) is 4.90 Å². The lowest BCUT2D eigenvalue weighted by Gasteiger charge is -2.35. The highest BCUT2D eigenvalue weighted by molar-refractivity contribution is 5.71. The lowest BCUT2D eigenvalue weighted by Crippen LogP contribution is -2.45. The number of nitrogen functional groups attached to an aromatic ring is 1. The largest absolute Gasteiger partial charge is 0.419 e. The molecule has 2 N–H and O–H groups in total. The quantitative estimate of drug-likeness (QED) is 0.355. The van der Waals surface area contributed by atoms with Crippen LogP contribution in [0.4, 0.5) is 37.8 Å². The summed E-state index contributed by atoms with van der Waals surface area (Å²) in [5.74, 6) is -0.673. The standard InChI is InChI=1S/C27H25F6N7O/c1-37-7-9-39(10-8-37)22-4-3-18(13-19(22)26(28,29)30)40-23(15-38(2)25(40)41)21-12-16(5-6-35-21)17-11-20(27(31,32)33)24(34)36-14-17/h3-6,11-15H,7-10H2,1-2H3,(H2,34,36). The lowest BCUT2D eigenvalue weighted by molar-refractivity contribution is -0.137. The summed E-state index contributed by atoms with van der Waals surface area (Å²) in [5.41, 5.74) is 3.49. The van der Waals surface area contributed by atoms with Gasteiger partial charge in [0.05, 0.1) is 28.2 Å². The summed E-state index contributed by atoms with van der Waals surface area (Å²) in [6, 6.07) is 7.47. The Labute approximate surface area is 230 Å². The van der Waals surface area contributed by atoms with Crippen molar-refractivity contribution in [3.63, 3.8) is 0 Å². The molecule has 0 bridgehead atoms. The van der Waals surface area contributed by atoms with E-state index in [4.69, 9.17) is 5.73 Å². The van der Waals surface area contributed by atoms with Gasteiger partial charge in [-0.3, -0.25) is 9.55 Å². The second-order valence-electron chi connectivity index (χ2n) is 9.82. The highest BCUT2D eigenvalue weighted by atomic mass is 19.4. The predicted molar refractivity (Wildman–Crippen MR) is 142 cm³/mol. The second kappa shape index (κ2) is 10.3. The van der Waals surface area contributed by atoms with E-state index >= 15 is 0 Å². The Balaban J connectivity index is 1.61. The molecule has 0 amide bonds. The van der Waals surface area contributed by atoms with Gasteiger partial charge >= 0.3 is 18.0 Å². The number of rotatable bonds is 4. The van der Waals surface area contributed by atoms with Crippen LogP contribution < -0.4 is 16.3 Å². The Morgan fingerprint density at radius 3 is 2.17 bits per heavy atom. The molecule has 0 atom stereocenters. The Bertz CT molecular complexity index is 1650. The molecule has 216 valence electrons. The van der Waals surface area contributed by atoms with Crippen molar-refractivity contribution in [2.75, 3.05) is 43.9 Å². The van der Waals surface area contributed by atoms with Gasteiger partial charge in [0.1, 0.15) is 5.82 Å². The number of anilines is 2. The normalized spacial score (nSPS) is 15.0. The number of hydrogen-bond donors (Lipinski definition) is 1. The minimum absolute atomic E-state index is 0.0244. The van der Waals surface area contributed by atoms with Crippen molar-refractivity contribution >= 4 is 11.5 Å². The van der Waals surface area contributed by atoms with E-state index in [0.717, 1.165) is 16.7 Å². The van der Waals surface area contributed by atoms with Crippen LogP contribution in [-0.2, 0) is 19.4 Å². The molecule has 0 radical (unpaired) electrons. The number of halogens is 6. The summed E-state index contributed by atoms with van der Waals surface area (Å²) < 4.78 is 85.2. The topological polar surface area (TPSA) is 85.2 Å². The molecule has 1 aromatic carbocycles. The molecular weight excluding hydrogens is 552 g/mol. The molecule has 5 rings (SSSR count).